The maximum Gasteiger partial charge on any atom is 0.394 e. The average Bonchev–Trinajstić information content (AvgIpc) is 2.32. The average molecular weight is 292 g/mol. The quantitative estimate of drug-likeness (QED) is 0.456. The molecule has 1 aliphatic carbocycles. The lowest BCUT2D eigenvalue weighted by molar-refractivity contribution is -0.223. The van der Waals surface area contributed by atoms with Gasteiger partial charge in [-0.2, -0.15) is 13.2 Å². The molecule has 0 radical (unpaired) electrons. The molecule has 0 heterocycles. The minimum atomic E-state index is -4.05. The highest BCUT2D eigenvalue weighted by molar-refractivity contribution is 4.82. The van der Waals surface area contributed by atoms with Gasteiger partial charge >= 0.3 is 6.18 Å². The van der Waals surface area contributed by atoms with Crippen molar-refractivity contribution in [3.05, 3.63) is 0 Å². The fraction of sp³-hybridized carbons (Fsp3) is 1.00. The van der Waals surface area contributed by atoms with E-state index in [2.05, 4.69) is 13.8 Å². The predicted molar refractivity (Wildman–Crippen MR) is 78.7 cm³/mol. The third-order valence-electron chi connectivity index (χ3n) is 5.10. The summed E-state index contributed by atoms with van der Waals surface area (Å²) in [6.45, 7) is 6.02. The van der Waals surface area contributed by atoms with Crippen LogP contribution in [0.25, 0.3) is 0 Å². The summed E-state index contributed by atoms with van der Waals surface area (Å²) in [6, 6.07) is 0. The largest absolute Gasteiger partial charge is 0.394 e. The molecule has 0 nitrogen and oxygen atoms in total. The van der Waals surface area contributed by atoms with Gasteiger partial charge < -0.3 is 0 Å². The van der Waals surface area contributed by atoms with Crippen LogP contribution in [0, 0.1) is 10.8 Å². The molecular formula is C17H31F3. The fourth-order valence-corrected chi connectivity index (χ4v) is 3.30. The first-order valence-corrected chi connectivity index (χ1v) is 8.23. The minimum Gasteiger partial charge on any atom is -0.171 e. The van der Waals surface area contributed by atoms with Gasteiger partial charge in [0.05, 0.1) is 5.41 Å². The van der Waals surface area contributed by atoms with Crippen LogP contribution in [-0.4, -0.2) is 6.18 Å². The lowest BCUT2D eigenvalue weighted by Crippen LogP contribution is -2.35. The van der Waals surface area contributed by atoms with E-state index in [4.69, 9.17) is 0 Å². The zero-order valence-corrected chi connectivity index (χ0v) is 13.4. The molecule has 1 atom stereocenters. The van der Waals surface area contributed by atoms with E-state index in [-0.39, 0.29) is 0 Å². The first kappa shape index (κ1) is 17.8. The molecule has 0 saturated heterocycles. The molecule has 0 aliphatic heterocycles. The topological polar surface area (TPSA) is 0 Å². The zero-order valence-electron chi connectivity index (χ0n) is 13.4. The van der Waals surface area contributed by atoms with Crippen LogP contribution in [0.1, 0.15) is 91.4 Å². The number of halogens is 3. The smallest absolute Gasteiger partial charge is 0.171 e. The molecule has 1 aliphatic rings. The third-order valence-corrected chi connectivity index (χ3v) is 5.10. The summed E-state index contributed by atoms with van der Waals surface area (Å²) in [4.78, 5) is 0. The lowest BCUT2D eigenvalue weighted by atomic mass is 9.79. The molecule has 1 rings (SSSR count). The minimum absolute atomic E-state index is 0.303. The van der Waals surface area contributed by atoms with Gasteiger partial charge in [0.25, 0.3) is 0 Å². The zero-order chi connectivity index (χ0) is 15.3. The molecule has 120 valence electrons. The van der Waals surface area contributed by atoms with Crippen LogP contribution in [0.4, 0.5) is 13.2 Å². The molecular weight excluding hydrogens is 261 g/mol. The molecule has 20 heavy (non-hydrogen) atoms. The van der Waals surface area contributed by atoms with Crippen LogP contribution < -0.4 is 0 Å². The van der Waals surface area contributed by atoms with Crippen molar-refractivity contribution in [2.24, 2.45) is 10.8 Å². The Morgan fingerprint density at radius 2 is 0.950 bits per heavy atom. The van der Waals surface area contributed by atoms with E-state index >= 15 is 0 Å². The van der Waals surface area contributed by atoms with Crippen molar-refractivity contribution < 1.29 is 13.2 Å². The molecule has 0 aromatic carbocycles. The molecule has 3 heteroatoms. The monoisotopic (exact) mass is 292 g/mol. The first-order valence-electron chi connectivity index (χ1n) is 8.23. The van der Waals surface area contributed by atoms with Crippen molar-refractivity contribution in [3.63, 3.8) is 0 Å². The Hall–Kier alpha value is -0.210. The van der Waals surface area contributed by atoms with E-state index in [0.717, 1.165) is 44.9 Å². The first-order chi connectivity index (χ1) is 9.16. The van der Waals surface area contributed by atoms with Crippen molar-refractivity contribution >= 4 is 0 Å². The van der Waals surface area contributed by atoms with Gasteiger partial charge in [0.2, 0.25) is 0 Å². The highest BCUT2D eigenvalue weighted by Crippen LogP contribution is 2.46. The Morgan fingerprint density at radius 3 is 1.35 bits per heavy atom. The Morgan fingerprint density at radius 1 is 0.600 bits per heavy atom. The Kier molecular flexibility index (Phi) is 6.40. The van der Waals surface area contributed by atoms with E-state index < -0.39 is 11.6 Å². The van der Waals surface area contributed by atoms with Gasteiger partial charge in [0.1, 0.15) is 0 Å². The molecule has 0 spiro atoms. The van der Waals surface area contributed by atoms with Crippen LogP contribution in [-0.2, 0) is 0 Å². The second-order valence-electron chi connectivity index (χ2n) is 7.70. The van der Waals surface area contributed by atoms with Gasteiger partial charge in [0, 0.05) is 0 Å². The Labute approximate surface area is 122 Å². The third kappa shape index (κ3) is 5.65. The SMILES string of the molecule is CC1(C)CCCCCCC(C)(C(F)(F)F)CCCCC1. The van der Waals surface area contributed by atoms with E-state index in [1.165, 1.54) is 13.3 Å². The van der Waals surface area contributed by atoms with Crippen molar-refractivity contribution in [3.8, 4) is 0 Å². The second kappa shape index (κ2) is 7.17. The van der Waals surface area contributed by atoms with Gasteiger partial charge in [-0.25, -0.2) is 0 Å². The lowest BCUT2D eigenvalue weighted by Gasteiger charge is -2.32. The van der Waals surface area contributed by atoms with Gasteiger partial charge in [0.15, 0.2) is 0 Å². The van der Waals surface area contributed by atoms with Crippen LogP contribution in [0.15, 0.2) is 0 Å². The summed E-state index contributed by atoms with van der Waals surface area (Å²) < 4.78 is 39.8. The number of alkyl halides is 3. The Balaban J connectivity index is 2.61. The van der Waals surface area contributed by atoms with E-state index in [9.17, 15) is 13.2 Å². The summed E-state index contributed by atoms with van der Waals surface area (Å²) in [5, 5.41) is 0. The van der Waals surface area contributed by atoms with Gasteiger partial charge in [-0.1, -0.05) is 65.7 Å². The number of hydrogen-bond acceptors (Lipinski definition) is 0. The highest BCUT2D eigenvalue weighted by atomic mass is 19.4. The van der Waals surface area contributed by atoms with Crippen molar-refractivity contribution in [1.82, 2.24) is 0 Å². The number of hydrogen-bond donors (Lipinski definition) is 0. The van der Waals surface area contributed by atoms with Crippen molar-refractivity contribution in [1.29, 1.82) is 0 Å². The van der Waals surface area contributed by atoms with Gasteiger partial charge in [-0.3, -0.25) is 0 Å². The van der Waals surface area contributed by atoms with Crippen LogP contribution in [0.2, 0.25) is 0 Å². The second-order valence-corrected chi connectivity index (χ2v) is 7.70. The Bertz CT molecular complexity index is 280. The predicted octanol–water partition coefficient (Wildman–Crippen LogP) is 6.89. The summed E-state index contributed by atoms with van der Waals surface area (Å²) in [7, 11) is 0. The summed E-state index contributed by atoms with van der Waals surface area (Å²) in [6.07, 6.45) is 5.55. The highest BCUT2D eigenvalue weighted by Gasteiger charge is 2.49. The number of rotatable bonds is 0. The maximum absolute atomic E-state index is 13.3. The summed E-state index contributed by atoms with van der Waals surface area (Å²) in [5.74, 6) is 0. The fourth-order valence-electron chi connectivity index (χ4n) is 3.30. The van der Waals surface area contributed by atoms with E-state index in [1.54, 1.807) is 0 Å². The summed E-state index contributed by atoms with van der Waals surface area (Å²) in [5.41, 5.74) is -1.10. The molecule has 1 fully saturated rings. The molecule has 0 N–H and O–H groups in total. The van der Waals surface area contributed by atoms with Crippen molar-refractivity contribution in [2.75, 3.05) is 0 Å². The summed E-state index contributed by atoms with van der Waals surface area (Å²) >= 11 is 0. The molecule has 0 amide bonds. The van der Waals surface area contributed by atoms with Crippen LogP contribution in [0.5, 0.6) is 0 Å². The normalized spacial score (nSPS) is 30.9. The van der Waals surface area contributed by atoms with Crippen LogP contribution in [0.3, 0.4) is 0 Å². The van der Waals surface area contributed by atoms with Gasteiger partial charge in [-0.15, -0.1) is 0 Å². The van der Waals surface area contributed by atoms with E-state index in [1.807, 2.05) is 0 Å². The van der Waals surface area contributed by atoms with Gasteiger partial charge in [-0.05, 0) is 31.1 Å². The maximum atomic E-state index is 13.3. The molecule has 0 bridgehead atoms. The molecule has 0 aromatic rings. The molecule has 1 saturated carbocycles. The molecule has 0 aromatic heterocycles. The van der Waals surface area contributed by atoms with Crippen molar-refractivity contribution in [2.45, 2.75) is 97.6 Å². The van der Waals surface area contributed by atoms with Crippen LogP contribution >= 0.6 is 0 Å². The van der Waals surface area contributed by atoms with E-state index in [0.29, 0.717) is 24.7 Å². The molecule has 1 unspecified atom stereocenters. The standard InChI is InChI=1S/C17H31F3/c1-15(2)11-7-4-5-9-13-16(3,17(18,19)20)14-10-6-8-12-15/h4-14H2,1-3H3.